The van der Waals surface area contributed by atoms with Gasteiger partial charge in [-0.2, -0.15) is 0 Å². The number of nitrogens with zero attached hydrogens (tertiary/aromatic N) is 1. The molecule has 28 heavy (non-hydrogen) atoms. The van der Waals surface area contributed by atoms with E-state index in [1.54, 1.807) is 18.3 Å². The minimum absolute atomic E-state index is 0.126. The second-order valence-corrected chi connectivity index (χ2v) is 7.44. The average Bonchev–Trinajstić information content (AvgIpc) is 2.65. The zero-order valence-electron chi connectivity index (χ0n) is 15.1. The van der Waals surface area contributed by atoms with E-state index in [4.69, 9.17) is 60.7 Å². The van der Waals surface area contributed by atoms with Crippen molar-refractivity contribution in [3.63, 3.8) is 0 Å². The summed E-state index contributed by atoms with van der Waals surface area (Å²) in [5, 5.41) is 4.61. The molecule has 2 rings (SSSR count). The van der Waals surface area contributed by atoms with Gasteiger partial charge in [-0.15, -0.1) is 0 Å². The Hall–Kier alpha value is -1.59. The molecule has 0 radical (unpaired) electrons. The summed E-state index contributed by atoms with van der Waals surface area (Å²) in [6, 6.07) is 11.0. The standard InChI is InChI=1S/C20H19Cl4NO3/c1-2-7-28-25-12-14-4-3-5-15(9-14)13-27-20-17(21)10-16(11-18(20)22)26-8-6-19(23)24/h3-6,9-12H,2,7-8,13H2,1H3. The van der Waals surface area contributed by atoms with E-state index in [0.29, 0.717) is 34.8 Å². The van der Waals surface area contributed by atoms with Gasteiger partial charge in [0.25, 0.3) is 0 Å². The fraction of sp³-hybridized carbons (Fsp3) is 0.250. The first-order valence-corrected chi connectivity index (χ1v) is 10.0. The number of benzene rings is 2. The zero-order valence-corrected chi connectivity index (χ0v) is 18.2. The molecule has 0 saturated heterocycles. The van der Waals surface area contributed by atoms with Gasteiger partial charge >= 0.3 is 0 Å². The predicted molar refractivity (Wildman–Crippen MR) is 116 cm³/mol. The molecule has 0 saturated carbocycles. The van der Waals surface area contributed by atoms with E-state index in [1.165, 1.54) is 6.08 Å². The lowest BCUT2D eigenvalue weighted by Gasteiger charge is -2.12. The summed E-state index contributed by atoms with van der Waals surface area (Å²) < 4.78 is 11.4. The van der Waals surface area contributed by atoms with Gasteiger partial charge in [-0.1, -0.05) is 76.7 Å². The van der Waals surface area contributed by atoms with Crippen molar-refractivity contribution in [3.8, 4) is 11.5 Å². The van der Waals surface area contributed by atoms with E-state index in [2.05, 4.69) is 5.16 Å². The van der Waals surface area contributed by atoms with E-state index in [1.807, 2.05) is 31.2 Å². The van der Waals surface area contributed by atoms with Crippen LogP contribution in [-0.4, -0.2) is 19.4 Å². The van der Waals surface area contributed by atoms with Gasteiger partial charge in [0.2, 0.25) is 0 Å². The minimum Gasteiger partial charge on any atom is -0.489 e. The molecule has 0 fully saturated rings. The smallest absolute Gasteiger partial charge is 0.157 e. The molecular formula is C20H19Cl4NO3. The molecule has 150 valence electrons. The molecule has 0 aliphatic rings. The normalized spacial score (nSPS) is 10.8. The van der Waals surface area contributed by atoms with Gasteiger partial charge in [0.1, 0.15) is 30.1 Å². The SMILES string of the molecule is CCCON=Cc1cccc(COc2c(Cl)cc(OCC=C(Cl)Cl)cc2Cl)c1. The van der Waals surface area contributed by atoms with Gasteiger partial charge in [-0.05, 0) is 29.7 Å². The lowest BCUT2D eigenvalue weighted by molar-refractivity contribution is 0.146. The van der Waals surface area contributed by atoms with E-state index < -0.39 is 0 Å². The number of oxime groups is 1. The molecule has 8 heteroatoms. The van der Waals surface area contributed by atoms with Gasteiger partial charge in [0, 0.05) is 12.1 Å². The fourth-order valence-corrected chi connectivity index (χ4v) is 2.82. The lowest BCUT2D eigenvalue weighted by atomic mass is 10.1. The van der Waals surface area contributed by atoms with Crippen LogP contribution in [0.25, 0.3) is 0 Å². The molecular weight excluding hydrogens is 444 g/mol. The highest BCUT2D eigenvalue weighted by molar-refractivity contribution is 6.55. The summed E-state index contributed by atoms with van der Waals surface area (Å²) in [4.78, 5) is 5.11. The predicted octanol–water partition coefficient (Wildman–Crippen LogP) is 7.03. The Morgan fingerprint density at radius 2 is 1.82 bits per heavy atom. The monoisotopic (exact) mass is 461 g/mol. The number of hydrogen-bond acceptors (Lipinski definition) is 4. The molecule has 4 nitrogen and oxygen atoms in total. The second-order valence-electron chi connectivity index (χ2n) is 5.62. The van der Waals surface area contributed by atoms with Gasteiger partial charge < -0.3 is 14.3 Å². The molecule has 0 heterocycles. The first-order chi connectivity index (χ1) is 13.5. The fourth-order valence-electron chi connectivity index (χ4n) is 2.12. The molecule has 0 spiro atoms. The van der Waals surface area contributed by atoms with Crippen LogP contribution < -0.4 is 9.47 Å². The second kappa shape index (κ2) is 12.1. The van der Waals surface area contributed by atoms with Gasteiger partial charge in [-0.3, -0.25) is 0 Å². The van der Waals surface area contributed by atoms with Crippen LogP contribution in [0.2, 0.25) is 10.0 Å². The third-order valence-electron chi connectivity index (χ3n) is 3.37. The Labute approximate surface area is 184 Å². The Morgan fingerprint density at radius 3 is 2.50 bits per heavy atom. The van der Waals surface area contributed by atoms with Gasteiger partial charge in [0.05, 0.1) is 16.3 Å². The van der Waals surface area contributed by atoms with Crippen molar-refractivity contribution in [2.24, 2.45) is 5.16 Å². The van der Waals surface area contributed by atoms with Crippen LogP contribution in [0, 0.1) is 0 Å². The maximum absolute atomic E-state index is 6.28. The molecule has 2 aromatic carbocycles. The van der Waals surface area contributed by atoms with Crippen molar-refractivity contribution in [2.45, 2.75) is 20.0 Å². The van der Waals surface area contributed by atoms with Crippen LogP contribution in [-0.2, 0) is 11.4 Å². The van der Waals surface area contributed by atoms with Crippen molar-refractivity contribution in [1.29, 1.82) is 0 Å². The minimum atomic E-state index is 0.126. The number of ether oxygens (including phenoxy) is 2. The highest BCUT2D eigenvalue weighted by atomic mass is 35.5. The van der Waals surface area contributed by atoms with Crippen LogP contribution in [0.3, 0.4) is 0 Å². The lowest BCUT2D eigenvalue weighted by Crippen LogP contribution is -1.99. The summed E-state index contributed by atoms with van der Waals surface area (Å²) >= 11 is 23.6. The third-order valence-corrected chi connectivity index (χ3v) is 4.24. The Balaban J connectivity index is 2.00. The molecule has 0 atom stereocenters. The van der Waals surface area contributed by atoms with Crippen LogP contribution in [0.1, 0.15) is 24.5 Å². The molecule has 0 unspecified atom stereocenters. The molecule has 0 aromatic heterocycles. The number of halogens is 4. The maximum Gasteiger partial charge on any atom is 0.157 e. The number of hydrogen-bond donors (Lipinski definition) is 0. The average molecular weight is 463 g/mol. The van der Waals surface area contributed by atoms with Crippen LogP contribution in [0.5, 0.6) is 11.5 Å². The molecule has 0 bridgehead atoms. The van der Waals surface area contributed by atoms with Crippen LogP contribution in [0.15, 0.2) is 52.1 Å². The summed E-state index contributed by atoms with van der Waals surface area (Å²) in [6.07, 6.45) is 4.08. The Bertz CT molecular complexity index is 813. The summed E-state index contributed by atoms with van der Waals surface area (Å²) in [5.41, 5.74) is 1.85. The molecule has 0 amide bonds. The largest absolute Gasteiger partial charge is 0.489 e. The van der Waals surface area contributed by atoms with Crippen LogP contribution in [0.4, 0.5) is 0 Å². The van der Waals surface area contributed by atoms with E-state index in [0.717, 1.165) is 17.5 Å². The number of rotatable bonds is 10. The topological polar surface area (TPSA) is 40.0 Å². The van der Waals surface area contributed by atoms with Crippen molar-refractivity contribution in [2.75, 3.05) is 13.2 Å². The summed E-state index contributed by atoms with van der Waals surface area (Å²) in [5.74, 6) is 0.866. The van der Waals surface area contributed by atoms with Crippen molar-refractivity contribution in [1.82, 2.24) is 0 Å². The Morgan fingerprint density at radius 1 is 1.07 bits per heavy atom. The quantitative estimate of drug-likeness (QED) is 0.216. The molecule has 0 aliphatic carbocycles. The third kappa shape index (κ3) is 7.80. The highest BCUT2D eigenvalue weighted by Crippen LogP contribution is 2.37. The van der Waals surface area contributed by atoms with Gasteiger partial charge in [-0.25, -0.2) is 0 Å². The summed E-state index contributed by atoms with van der Waals surface area (Å²) in [7, 11) is 0. The first-order valence-electron chi connectivity index (χ1n) is 8.49. The molecule has 0 N–H and O–H groups in total. The van der Waals surface area contributed by atoms with Crippen molar-refractivity contribution >= 4 is 52.6 Å². The van der Waals surface area contributed by atoms with Crippen LogP contribution >= 0.6 is 46.4 Å². The molecule has 2 aromatic rings. The molecule has 0 aliphatic heterocycles. The van der Waals surface area contributed by atoms with E-state index in [-0.39, 0.29) is 11.1 Å². The van der Waals surface area contributed by atoms with E-state index in [9.17, 15) is 0 Å². The Kier molecular flexibility index (Phi) is 9.79. The highest BCUT2D eigenvalue weighted by Gasteiger charge is 2.11. The van der Waals surface area contributed by atoms with Gasteiger partial charge in [0.15, 0.2) is 5.75 Å². The summed E-state index contributed by atoms with van der Waals surface area (Å²) in [6.45, 7) is 3.10. The zero-order chi connectivity index (χ0) is 20.4. The van der Waals surface area contributed by atoms with Crippen molar-refractivity contribution < 1.29 is 14.3 Å². The maximum atomic E-state index is 6.28. The van der Waals surface area contributed by atoms with Crippen molar-refractivity contribution in [3.05, 3.63) is 68.1 Å². The first kappa shape index (κ1) is 22.7. The van der Waals surface area contributed by atoms with E-state index >= 15 is 0 Å².